The Morgan fingerprint density at radius 1 is 0.853 bits per heavy atom. The third-order valence-electron chi connectivity index (χ3n) is 7.24. The molecule has 174 valence electrons. The fourth-order valence-corrected chi connectivity index (χ4v) is 5.25. The van der Waals surface area contributed by atoms with E-state index in [9.17, 15) is 4.79 Å². The van der Waals surface area contributed by atoms with Gasteiger partial charge in [0.15, 0.2) is 5.78 Å². The van der Waals surface area contributed by atoms with Crippen molar-refractivity contribution in [3.8, 4) is 11.1 Å². The Bertz CT molecular complexity index is 1320. The van der Waals surface area contributed by atoms with E-state index in [1.807, 2.05) is 60.7 Å². The van der Waals surface area contributed by atoms with Crippen molar-refractivity contribution in [2.45, 2.75) is 45.1 Å². The molecule has 2 heterocycles. The van der Waals surface area contributed by atoms with Gasteiger partial charge in [0.1, 0.15) is 0 Å². The summed E-state index contributed by atoms with van der Waals surface area (Å²) in [7, 11) is 0. The summed E-state index contributed by atoms with van der Waals surface area (Å²) in [4.78, 5) is 16.0. The zero-order chi connectivity index (χ0) is 23.9. The Hall–Kier alpha value is -3.37. The number of nitrogens with zero attached hydrogens (tertiary/aromatic N) is 2. The lowest BCUT2D eigenvalue weighted by Crippen LogP contribution is -2.45. The van der Waals surface area contributed by atoms with Crippen molar-refractivity contribution in [1.82, 2.24) is 9.58 Å². The lowest BCUT2D eigenvalue weighted by atomic mass is 9.87. The van der Waals surface area contributed by atoms with Crippen LogP contribution in [0.5, 0.6) is 0 Å². The normalized spacial score (nSPS) is 15.6. The van der Waals surface area contributed by atoms with Gasteiger partial charge in [0, 0.05) is 28.2 Å². The Morgan fingerprint density at radius 3 is 2.24 bits per heavy atom. The maximum absolute atomic E-state index is 13.5. The second kappa shape index (κ2) is 8.77. The van der Waals surface area contributed by atoms with Crippen LogP contribution in [0, 0.1) is 0 Å². The Balaban J connectivity index is 1.45. The monoisotopic (exact) mass is 451 g/mol. The van der Waals surface area contributed by atoms with E-state index in [1.165, 1.54) is 5.56 Å². The van der Waals surface area contributed by atoms with Gasteiger partial charge in [-0.25, -0.2) is 0 Å². The largest absolute Gasteiger partial charge is 0.339 e. The number of fused-ring (bicyclic) bond motifs is 1. The lowest BCUT2D eigenvalue weighted by molar-refractivity contribution is 0.102. The Morgan fingerprint density at radius 2 is 1.53 bits per heavy atom. The second-order valence-electron chi connectivity index (χ2n) is 10.4. The van der Waals surface area contributed by atoms with Crippen molar-refractivity contribution in [2.75, 3.05) is 18.9 Å². The number of nitrogen functional groups attached to an aromatic ring is 1. The van der Waals surface area contributed by atoms with E-state index in [4.69, 9.17) is 5.84 Å². The number of benzene rings is 3. The highest BCUT2D eigenvalue weighted by Crippen LogP contribution is 2.36. The van der Waals surface area contributed by atoms with E-state index in [0.717, 1.165) is 48.0 Å². The number of nitrogens with two attached hydrogens (primary N) is 1. The standard InChI is InChI=1S/C30H33N3O/c1-30(2,3)32-16-14-22(15-17-32)27-20-33(31)28-13-12-25(19-26(27)28)29(34)24-11-7-10-23(18-24)21-8-5-4-6-9-21/h4-13,18-20,22H,14-17,31H2,1-3H3. The molecule has 0 unspecified atom stereocenters. The number of rotatable bonds is 4. The molecular formula is C30H33N3O. The van der Waals surface area contributed by atoms with Crippen LogP contribution in [0.1, 0.15) is 61.0 Å². The zero-order valence-corrected chi connectivity index (χ0v) is 20.3. The van der Waals surface area contributed by atoms with Gasteiger partial charge in [-0.05, 0) is 93.6 Å². The highest BCUT2D eigenvalue weighted by Gasteiger charge is 2.29. The molecule has 1 fully saturated rings. The molecule has 4 aromatic rings. The molecule has 0 saturated carbocycles. The number of carbonyl (C=O) groups is 1. The fourth-order valence-electron chi connectivity index (χ4n) is 5.25. The van der Waals surface area contributed by atoms with Gasteiger partial charge in [-0.3, -0.25) is 14.4 Å². The van der Waals surface area contributed by atoms with Crippen LogP contribution in [-0.2, 0) is 0 Å². The molecule has 0 spiro atoms. The van der Waals surface area contributed by atoms with Crippen LogP contribution in [0.25, 0.3) is 22.0 Å². The SMILES string of the molecule is CC(C)(C)N1CCC(c2cn(N)c3ccc(C(=O)c4cccc(-c5ccccc5)c4)cc23)CC1. The molecule has 2 N–H and O–H groups in total. The maximum Gasteiger partial charge on any atom is 0.193 e. The molecule has 1 aliphatic rings. The van der Waals surface area contributed by atoms with Gasteiger partial charge in [-0.2, -0.15) is 0 Å². The molecule has 0 radical (unpaired) electrons. The van der Waals surface area contributed by atoms with E-state index in [-0.39, 0.29) is 11.3 Å². The second-order valence-corrected chi connectivity index (χ2v) is 10.4. The molecule has 0 amide bonds. The van der Waals surface area contributed by atoms with Gasteiger partial charge in [-0.15, -0.1) is 0 Å². The molecule has 0 bridgehead atoms. The van der Waals surface area contributed by atoms with Crippen molar-refractivity contribution < 1.29 is 4.79 Å². The van der Waals surface area contributed by atoms with E-state index in [2.05, 4.69) is 44.0 Å². The summed E-state index contributed by atoms with van der Waals surface area (Å²) in [5, 5.41) is 1.10. The molecule has 4 nitrogen and oxygen atoms in total. The van der Waals surface area contributed by atoms with Gasteiger partial charge >= 0.3 is 0 Å². The predicted molar refractivity (Wildman–Crippen MR) is 141 cm³/mol. The Kier molecular flexibility index (Phi) is 5.78. The highest BCUT2D eigenvalue weighted by molar-refractivity contribution is 6.11. The van der Waals surface area contributed by atoms with E-state index in [0.29, 0.717) is 17.0 Å². The van der Waals surface area contributed by atoms with Crippen LogP contribution in [0.3, 0.4) is 0 Å². The first-order chi connectivity index (χ1) is 16.3. The minimum absolute atomic E-state index is 0.0398. The van der Waals surface area contributed by atoms with Crippen LogP contribution in [0.15, 0.2) is 79.0 Å². The van der Waals surface area contributed by atoms with Gasteiger partial charge in [-0.1, -0.05) is 48.5 Å². The van der Waals surface area contributed by atoms with Gasteiger partial charge in [0.25, 0.3) is 0 Å². The molecule has 34 heavy (non-hydrogen) atoms. The summed E-state index contributed by atoms with van der Waals surface area (Å²) >= 11 is 0. The first-order valence-corrected chi connectivity index (χ1v) is 12.2. The minimum atomic E-state index is 0.0398. The molecule has 0 atom stereocenters. The van der Waals surface area contributed by atoms with Crippen LogP contribution < -0.4 is 5.84 Å². The van der Waals surface area contributed by atoms with Crippen molar-refractivity contribution in [3.05, 3.63) is 95.7 Å². The number of aromatic nitrogens is 1. The molecule has 1 aliphatic heterocycles. The van der Waals surface area contributed by atoms with Gasteiger partial charge < -0.3 is 5.84 Å². The number of hydrogen-bond donors (Lipinski definition) is 1. The molecule has 1 aromatic heterocycles. The smallest absolute Gasteiger partial charge is 0.193 e. The lowest BCUT2D eigenvalue weighted by Gasteiger charge is -2.40. The summed E-state index contributed by atoms with van der Waals surface area (Å²) in [6, 6.07) is 24.0. The molecule has 5 rings (SSSR count). The van der Waals surface area contributed by atoms with Crippen LogP contribution in [0.4, 0.5) is 0 Å². The molecule has 0 aliphatic carbocycles. The molecule has 3 aromatic carbocycles. The predicted octanol–water partition coefficient (Wildman–Crippen LogP) is 6.23. The van der Waals surface area contributed by atoms with E-state index >= 15 is 0 Å². The van der Waals surface area contributed by atoms with Crippen molar-refractivity contribution in [2.24, 2.45) is 0 Å². The average Bonchev–Trinajstić information content (AvgIpc) is 3.19. The highest BCUT2D eigenvalue weighted by atomic mass is 16.1. The summed E-state index contributed by atoms with van der Waals surface area (Å²) in [6.45, 7) is 9.00. The molecular weight excluding hydrogens is 418 g/mol. The number of likely N-dealkylation sites (tertiary alicyclic amines) is 1. The van der Waals surface area contributed by atoms with Crippen LogP contribution in [-0.4, -0.2) is 34.0 Å². The van der Waals surface area contributed by atoms with E-state index < -0.39 is 0 Å². The first kappa shape index (κ1) is 22.4. The summed E-state index contributed by atoms with van der Waals surface area (Å²) in [5.41, 5.74) is 6.00. The van der Waals surface area contributed by atoms with Crippen LogP contribution >= 0.6 is 0 Å². The summed E-state index contributed by atoms with van der Waals surface area (Å²) < 4.78 is 1.71. The van der Waals surface area contributed by atoms with Gasteiger partial charge in [0.05, 0.1) is 5.52 Å². The number of ketones is 1. The fraction of sp³-hybridized carbons (Fsp3) is 0.300. The topological polar surface area (TPSA) is 51.3 Å². The first-order valence-electron chi connectivity index (χ1n) is 12.2. The number of carbonyl (C=O) groups excluding carboxylic acids is 1. The van der Waals surface area contributed by atoms with Crippen molar-refractivity contribution >= 4 is 16.7 Å². The van der Waals surface area contributed by atoms with Crippen molar-refractivity contribution in [1.29, 1.82) is 0 Å². The zero-order valence-electron chi connectivity index (χ0n) is 20.3. The summed E-state index contributed by atoms with van der Waals surface area (Å²) in [5.74, 6) is 6.82. The van der Waals surface area contributed by atoms with Crippen LogP contribution in [0.2, 0.25) is 0 Å². The van der Waals surface area contributed by atoms with Crippen molar-refractivity contribution in [3.63, 3.8) is 0 Å². The minimum Gasteiger partial charge on any atom is -0.339 e. The average molecular weight is 452 g/mol. The number of hydrogen-bond acceptors (Lipinski definition) is 3. The van der Waals surface area contributed by atoms with Gasteiger partial charge in [0.2, 0.25) is 0 Å². The molecule has 1 saturated heterocycles. The Labute approximate surface area is 202 Å². The third kappa shape index (κ3) is 4.26. The molecule has 4 heteroatoms. The quantitative estimate of drug-likeness (QED) is 0.295. The third-order valence-corrected chi connectivity index (χ3v) is 7.24. The summed E-state index contributed by atoms with van der Waals surface area (Å²) in [6.07, 6.45) is 4.27. The number of piperidine rings is 1. The maximum atomic E-state index is 13.5. The van der Waals surface area contributed by atoms with E-state index in [1.54, 1.807) is 4.68 Å².